The maximum absolute atomic E-state index is 12.9. The van der Waals surface area contributed by atoms with Gasteiger partial charge in [0.15, 0.2) is 11.6 Å². The SMILES string of the molecule is CN(C)CCNC(=O)CNC(=O)c1ccc(F)c(F)c1. The molecule has 1 aromatic carbocycles. The molecule has 0 heterocycles. The Morgan fingerprint density at radius 3 is 2.45 bits per heavy atom. The zero-order valence-corrected chi connectivity index (χ0v) is 11.4. The first-order valence-electron chi connectivity index (χ1n) is 6.05. The average molecular weight is 285 g/mol. The van der Waals surface area contributed by atoms with E-state index in [1.165, 1.54) is 0 Å². The van der Waals surface area contributed by atoms with Gasteiger partial charge in [-0.1, -0.05) is 0 Å². The van der Waals surface area contributed by atoms with Crippen LogP contribution in [0.4, 0.5) is 8.78 Å². The molecule has 0 spiro atoms. The molecular formula is C13H17F2N3O2. The van der Waals surface area contributed by atoms with Crippen LogP contribution in [0.2, 0.25) is 0 Å². The van der Waals surface area contributed by atoms with Gasteiger partial charge in [-0.15, -0.1) is 0 Å². The van der Waals surface area contributed by atoms with Crippen molar-refractivity contribution in [2.45, 2.75) is 0 Å². The van der Waals surface area contributed by atoms with Gasteiger partial charge < -0.3 is 15.5 Å². The molecule has 0 saturated carbocycles. The third kappa shape index (κ3) is 5.31. The molecule has 0 aromatic heterocycles. The number of nitrogens with one attached hydrogen (secondary N) is 2. The minimum Gasteiger partial charge on any atom is -0.353 e. The van der Waals surface area contributed by atoms with E-state index in [2.05, 4.69) is 10.6 Å². The summed E-state index contributed by atoms with van der Waals surface area (Å²) >= 11 is 0. The van der Waals surface area contributed by atoms with Gasteiger partial charge in [-0.3, -0.25) is 9.59 Å². The summed E-state index contributed by atoms with van der Waals surface area (Å²) in [4.78, 5) is 24.9. The Bertz CT molecular complexity index is 493. The van der Waals surface area contributed by atoms with Gasteiger partial charge in [0.2, 0.25) is 5.91 Å². The Balaban J connectivity index is 2.39. The summed E-state index contributed by atoms with van der Waals surface area (Å²) in [5, 5.41) is 4.94. The van der Waals surface area contributed by atoms with Crippen molar-refractivity contribution >= 4 is 11.8 Å². The molecule has 5 nitrogen and oxygen atoms in total. The molecule has 1 rings (SSSR count). The number of hydrogen-bond donors (Lipinski definition) is 2. The van der Waals surface area contributed by atoms with Crippen molar-refractivity contribution in [2.75, 3.05) is 33.7 Å². The van der Waals surface area contributed by atoms with Crippen LogP contribution in [0.15, 0.2) is 18.2 Å². The van der Waals surface area contributed by atoms with Crippen LogP contribution < -0.4 is 10.6 Å². The van der Waals surface area contributed by atoms with Gasteiger partial charge >= 0.3 is 0 Å². The monoisotopic (exact) mass is 285 g/mol. The first-order chi connectivity index (χ1) is 9.40. The molecule has 0 unspecified atom stereocenters. The van der Waals surface area contributed by atoms with E-state index >= 15 is 0 Å². The number of halogens is 2. The van der Waals surface area contributed by atoms with Crippen molar-refractivity contribution in [1.82, 2.24) is 15.5 Å². The first kappa shape index (κ1) is 16.0. The lowest BCUT2D eigenvalue weighted by Crippen LogP contribution is -2.39. The zero-order valence-electron chi connectivity index (χ0n) is 11.4. The largest absolute Gasteiger partial charge is 0.353 e. The van der Waals surface area contributed by atoms with Gasteiger partial charge in [-0.25, -0.2) is 8.78 Å². The van der Waals surface area contributed by atoms with E-state index in [1.54, 1.807) is 0 Å². The molecule has 1 aromatic rings. The molecule has 0 atom stereocenters. The fourth-order valence-corrected chi connectivity index (χ4v) is 1.38. The van der Waals surface area contributed by atoms with E-state index in [0.717, 1.165) is 18.2 Å². The number of carbonyl (C=O) groups is 2. The van der Waals surface area contributed by atoms with E-state index in [1.807, 2.05) is 19.0 Å². The normalized spacial score (nSPS) is 10.4. The predicted octanol–water partition coefficient (Wildman–Crippen LogP) is 0.372. The van der Waals surface area contributed by atoms with Crippen molar-refractivity contribution in [3.8, 4) is 0 Å². The highest BCUT2D eigenvalue weighted by Gasteiger charge is 2.10. The third-order valence-electron chi connectivity index (χ3n) is 2.47. The minimum atomic E-state index is -1.10. The number of likely N-dealkylation sites (N-methyl/N-ethyl adjacent to an activating group) is 1. The Labute approximate surface area is 115 Å². The van der Waals surface area contributed by atoms with Crippen LogP contribution in [0.5, 0.6) is 0 Å². The smallest absolute Gasteiger partial charge is 0.251 e. The molecule has 7 heteroatoms. The molecule has 0 aliphatic carbocycles. The van der Waals surface area contributed by atoms with Crippen molar-refractivity contribution in [1.29, 1.82) is 0 Å². The number of hydrogen-bond acceptors (Lipinski definition) is 3. The number of nitrogens with zero attached hydrogens (tertiary/aromatic N) is 1. The maximum Gasteiger partial charge on any atom is 0.251 e. The Morgan fingerprint density at radius 1 is 1.15 bits per heavy atom. The van der Waals surface area contributed by atoms with Gasteiger partial charge in [0.1, 0.15) is 0 Å². The van der Waals surface area contributed by atoms with Crippen molar-refractivity contribution in [3.05, 3.63) is 35.4 Å². The molecule has 0 radical (unpaired) electrons. The summed E-state index contributed by atoms with van der Waals surface area (Å²) < 4.78 is 25.6. The van der Waals surface area contributed by atoms with Gasteiger partial charge in [0.25, 0.3) is 5.91 Å². The van der Waals surface area contributed by atoms with Crippen LogP contribution in [0.3, 0.4) is 0 Å². The second-order valence-corrected chi connectivity index (χ2v) is 4.46. The van der Waals surface area contributed by atoms with Crippen LogP contribution in [0.1, 0.15) is 10.4 Å². The van der Waals surface area contributed by atoms with Crippen LogP contribution >= 0.6 is 0 Å². The van der Waals surface area contributed by atoms with E-state index in [0.29, 0.717) is 13.1 Å². The van der Waals surface area contributed by atoms with Gasteiger partial charge in [0, 0.05) is 18.7 Å². The standard InChI is InChI=1S/C13H17F2N3O2/c1-18(2)6-5-16-12(19)8-17-13(20)9-3-4-10(14)11(15)7-9/h3-4,7H,5-6,8H2,1-2H3,(H,16,19)(H,17,20). The number of benzene rings is 1. The molecule has 2 N–H and O–H groups in total. The quantitative estimate of drug-likeness (QED) is 0.794. The Kier molecular flexibility index (Phi) is 6.05. The zero-order chi connectivity index (χ0) is 15.1. The summed E-state index contributed by atoms with van der Waals surface area (Å²) in [6.45, 7) is 0.932. The fourth-order valence-electron chi connectivity index (χ4n) is 1.38. The topological polar surface area (TPSA) is 61.4 Å². The molecular weight excluding hydrogens is 268 g/mol. The van der Waals surface area contributed by atoms with Crippen LogP contribution in [0.25, 0.3) is 0 Å². The highest BCUT2D eigenvalue weighted by Crippen LogP contribution is 2.08. The van der Waals surface area contributed by atoms with Crippen LogP contribution in [0, 0.1) is 11.6 Å². The molecule has 0 saturated heterocycles. The molecule has 0 fully saturated rings. The average Bonchev–Trinajstić information content (AvgIpc) is 2.38. The van der Waals surface area contributed by atoms with Crippen LogP contribution in [-0.4, -0.2) is 50.4 Å². The number of carbonyl (C=O) groups excluding carboxylic acids is 2. The molecule has 2 amide bonds. The highest BCUT2D eigenvalue weighted by molar-refractivity contribution is 5.96. The van der Waals surface area contributed by atoms with Crippen molar-refractivity contribution < 1.29 is 18.4 Å². The summed E-state index contributed by atoms with van der Waals surface area (Å²) in [6, 6.07) is 2.80. The Hall–Kier alpha value is -2.02. The lowest BCUT2D eigenvalue weighted by atomic mass is 10.2. The predicted molar refractivity (Wildman–Crippen MR) is 70.3 cm³/mol. The van der Waals surface area contributed by atoms with Gasteiger partial charge in [-0.2, -0.15) is 0 Å². The van der Waals surface area contributed by atoms with Gasteiger partial charge in [0.05, 0.1) is 6.54 Å². The fraction of sp³-hybridized carbons (Fsp3) is 0.385. The summed E-state index contributed by atoms with van der Waals surface area (Å²) in [5.41, 5.74) is -0.0370. The molecule has 110 valence electrons. The summed E-state index contributed by atoms with van der Waals surface area (Å²) in [5.74, 6) is -3.11. The van der Waals surface area contributed by atoms with E-state index < -0.39 is 17.5 Å². The van der Waals surface area contributed by atoms with E-state index in [9.17, 15) is 18.4 Å². The highest BCUT2D eigenvalue weighted by atomic mass is 19.2. The van der Waals surface area contributed by atoms with Crippen molar-refractivity contribution in [3.63, 3.8) is 0 Å². The second kappa shape index (κ2) is 7.54. The lowest BCUT2D eigenvalue weighted by molar-refractivity contribution is -0.120. The minimum absolute atomic E-state index is 0.0370. The molecule has 0 bridgehead atoms. The number of amides is 2. The first-order valence-corrected chi connectivity index (χ1v) is 6.05. The second-order valence-electron chi connectivity index (χ2n) is 4.46. The third-order valence-corrected chi connectivity index (χ3v) is 2.47. The molecule has 20 heavy (non-hydrogen) atoms. The summed E-state index contributed by atoms with van der Waals surface area (Å²) in [6.07, 6.45) is 0. The lowest BCUT2D eigenvalue weighted by Gasteiger charge is -2.10. The van der Waals surface area contributed by atoms with E-state index in [-0.39, 0.29) is 18.0 Å². The maximum atomic E-state index is 12.9. The number of rotatable bonds is 6. The van der Waals surface area contributed by atoms with Crippen LogP contribution in [-0.2, 0) is 4.79 Å². The summed E-state index contributed by atoms with van der Waals surface area (Å²) in [7, 11) is 3.74. The molecule has 0 aliphatic rings. The van der Waals surface area contributed by atoms with E-state index in [4.69, 9.17) is 0 Å². The van der Waals surface area contributed by atoms with Crippen molar-refractivity contribution in [2.24, 2.45) is 0 Å². The Morgan fingerprint density at radius 2 is 1.85 bits per heavy atom. The molecule has 0 aliphatic heterocycles. The van der Waals surface area contributed by atoms with Gasteiger partial charge in [-0.05, 0) is 32.3 Å².